The Hall–Kier alpha value is -2.50. The van der Waals surface area contributed by atoms with Crippen LogP contribution in [0.25, 0.3) is 0 Å². The third-order valence-corrected chi connectivity index (χ3v) is 3.69. The van der Waals surface area contributed by atoms with E-state index < -0.39 is 11.7 Å². The summed E-state index contributed by atoms with van der Waals surface area (Å²) in [6, 6.07) is 9.15. The van der Waals surface area contributed by atoms with Crippen molar-refractivity contribution in [2.24, 2.45) is 5.16 Å². The van der Waals surface area contributed by atoms with E-state index in [2.05, 4.69) is 5.16 Å². The molecule has 0 aliphatic rings. The Morgan fingerprint density at radius 1 is 1.12 bits per heavy atom. The first kappa shape index (κ1) is 17.8. The Morgan fingerprint density at radius 2 is 1.83 bits per heavy atom. The van der Waals surface area contributed by atoms with Gasteiger partial charge in [-0.2, -0.15) is 13.2 Å². The normalized spacial score (nSPS) is 12.3. The van der Waals surface area contributed by atoms with E-state index in [-0.39, 0.29) is 6.61 Å². The van der Waals surface area contributed by atoms with Gasteiger partial charge in [-0.05, 0) is 56.2 Å². The van der Waals surface area contributed by atoms with Crippen LogP contribution in [0.2, 0.25) is 0 Å². The Labute approximate surface area is 138 Å². The lowest BCUT2D eigenvalue weighted by atomic mass is 10.1. The van der Waals surface area contributed by atoms with E-state index in [4.69, 9.17) is 10.6 Å². The van der Waals surface area contributed by atoms with Gasteiger partial charge in [0.25, 0.3) is 0 Å². The van der Waals surface area contributed by atoms with Crippen molar-refractivity contribution in [3.05, 3.63) is 64.2 Å². The van der Waals surface area contributed by atoms with Crippen molar-refractivity contribution >= 4 is 11.4 Å². The maximum atomic E-state index is 12.7. The summed E-state index contributed by atoms with van der Waals surface area (Å²) in [4.78, 5) is 5.29. The third kappa shape index (κ3) is 4.28. The standard InChI is InChI=1S/C18H19F3N2O/c1-11-4-7-17(22)16(8-11)13(3)23-24-10-14-5-6-15(9-12(14)2)18(19,20)21/h4-9H,10,22H2,1-3H3/b23-13+. The molecular formula is C18H19F3N2O. The SMILES string of the molecule is C/C(=N\OCc1ccc(C(F)(F)F)cc1C)c1cc(C)ccc1N. The lowest BCUT2D eigenvalue weighted by Crippen LogP contribution is -2.06. The van der Waals surface area contributed by atoms with E-state index >= 15 is 0 Å². The lowest BCUT2D eigenvalue weighted by Gasteiger charge is -2.11. The fraction of sp³-hybridized carbons (Fsp3) is 0.278. The minimum atomic E-state index is -4.35. The topological polar surface area (TPSA) is 47.6 Å². The van der Waals surface area contributed by atoms with Gasteiger partial charge in [-0.25, -0.2) is 0 Å². The van der Waals surface area contributed by atoms with E-state index in [0.717, 1.165) is 23.3 Å². The molecule has 0 spiro atoms. The molecule has 3 nitrogen and oxygen atoms in total. The van der Waals surface area contributed by atoms with Crippen LogP contribution in [0.5, 0.6) is 0 Å². The number of nitrogen functional groups attached to an aromatic ring is 1. The van der Waals surface area contributed by atoms with E-state index in [1.54, 1.807) is 19.9 Å². The molecule has 0 fully saturated rings. The molecule has 2 aromatic rings. The molecule has 0 aliphatic heterocycles. The smallest absolute Gasteiger partial charge is 0.398 e. The van der Waals surface area contributed by atoms with E-state index in [1.807, 2.05) is 19.1 Å². The van der Waals surface area contributed by atoms with Gasteiger partial charge in [-0.1, -0.05) is 22.9 Å². The van der Waals surface area contributed by atoms with Crippen molar-refractivity contribution in [3.63, 3.8) is 0 Å². The van der Waals surface area contributed by atoms with Crippen LogP contribution in [0.15, 0.2) is 41.6 Å². The van der Waals surface area contributed by atoms with Crippen molar-refractivity contribution in [2.45, 2.75) is 33.6 Å². The highest BCUT2D eigenvalue weighted by molar-refractivity contribution is 6.02. The zero-order chi connectivity index (χ0) is 17.9. The number of nitrogens with two attached hydrogens (primary N) is 1. The highest BCUT2D eigenvalue weighted by Crippen LogP contribution is 2.30. The summed E-state index contributed by atoms with van der Waals surface area (Å²) in [5.74, 6) is 0. The zero-order valence-corrected chi connectivity index (χ0v) is 13.7. The molecule has 0 saturated carbocycles. The summed E-state index contributed by atoms with van der Waals surface area (Å²) in [6.45, 7) is 5.42. The fourth-order valence-electron chi connectivity index (χ4n) is 2.27. The number of anilines is 1. The largest absolute Gasteiger partial charge is 0.416 e. The Morgan fingerprint density at radius 3 is 2.46 bits per heavy atom. The van der Waals surface area contributed by atoms with Gasteiger partial charge >= 0.3 is 6.18 Å². The molecule has 128 valence electrons. The summed E-state index contributed by atoms with van der Waals surface area (Å²) in [5.41, 5.74) is 9.43. The molecule has 0 unspecified atom stereocenters. The first-order chi connectivity index (χ1) is 11.2. The molecule has 0 saturated heterocycles. The summed E-state index contributed by atoms with van der Waals surface area (Å²) >= 11 is 0. The first-order valence-corrected chi connectivity index (χ1v) is 7.38. The van der Waals surface area contributed by atoms with Gasteiger partial charge in [0.1, 0.15) is 6.61 Å². The monoisotopic (exact) mass is 336 g/mol. The molecule has 0 bridgehead atoms. The van der Waals surface area contributed by atoms with E-state index in [9.17, 15) is 13.2 Å². The predicted octanol–water partition coefficient (Wildman–Crippen LogP) is 4.85. The van der Waals surface area contributed by atoms with Crippen molar-refractivity contribution in [1.29, 1.82) is 0 Å². The minimum absolute atomic E-state index is 0.0903. The summed E-state index contributed by atoms with van der Waals surface area (Å²) in [7, 11) is 0. The summed E-state index contributed by atoms with van der Waals surface area (Å²) in [5, 5.41) is 4.02. The quantitative estimate of drug-likeness (QED) is 0.493. The number of hydrogen-bond donors (Lipinski definition) is 1. The van der Waals surface area contributed by atoms with Crippen LogP contribution in [0.4, 0.5) is 18.9 Å². The van der Waals surface area contributed by atoms with Gasteiger partial charge in [0.15, 0.2) is 0 Å². The van der Waals surface area contributed by atoms with Gasteiger partial charge in [-0.3, -0.25) is 0 Å². The molecule has 0 aliphatic carbocycles. The van der Waals surface area contributed by atoms with Crippen molar-refractivity contribution < 1.29 is 18.0 Å². The average molecular weight is 336 g/mol. The van der Waals surface area contributed by atoms with Gasteiger partial charge in [0.05, 0.1) is 11.3 Å². The van der Waals surface area contributed by atoms with Gasteiger partial charge < -0.3 is 10.6 Å². The predicted molar refractivity (Wildman–Crippen MR) is 88.8 cm³/mol. The third-order valence-electron chi connectivity index (χ3n) is 3.69. The second-order valence-electron chi connectivity index (χ2n) is 5.68. The molecule has 2 aromatic carbocycles. The van der Waals surface area contributed by atoms with E-state index in [0.29, 0.717) is 22.5 Å². The second-order valence-corrected chi connectivity index (χ2v) is 5.68. The highest BCUT2D eigenvalue weighted by atomic mass is 19.4. The number of oxime groups is 1. The molecule has 24 heavy (non-hydrogen) atoms. The molecule has 0 amide bonds. The molecule has 0 heterocycles. The maximum absolute atomic E-state index is 12.7. The Balaban J connectivity index is 2.09. The summed E-state index contributed by atoms with van der Waals surface area (Å²) in [6.07, 6.45) is -4.35. The molecule has 2 rings (SSSR count). The fourth-order valence-corrected chi connectivity index (χ4v) is 2.27. The van der Waals surface area contributed by atoms with Crippen LogP contribution in [0, 0.1) is 13.8 Å². The zero-order valence-electron chi connectivity index (χ0n) is 13.7. The van der Waals surface area contributed by atoms with Crippen LogP contribution in [-0.4, -0.2) is 5.71 Å². The highest BCUT2D eigenvalue weighted by Gasteiger charge is 2.30. The molecule has 2 N–H and O–H groups in total. The second kappa shape index (κ2) is 6.95. The molecule has 6 heteroatoms. The Bertz CT molecular complexity index is 767. The van der Waals surface area contributed by atoms with Crippen LogP contribution in [0.3, 0.4) is 0 Å². The van der Waals surface area contributed by atoms with Crippen LogP contribution < -0.4 is 5.73 Å². The molecule has 0 atom stereocenters. The van der Waals surface area contributed by atoms with E-state index in [1.165, 1.54) is 6.07 Å². The van der Waals surface area contributed by atoms with Gasteiger partial charge in [0, 0.05) is 11.3 Å². The van der Waals surface area contributed by atoms with Crippen molar-refractivity contribution in [3.8, 4) is 0 Å². The van der Waals surface area contributed by atoms with Gasteiger partial charge in [0.2, 0.25) is 0 Å². The van der Waals surface area contributed by atoms with Crippen LogP contribution >= 0.6 is 0 Å². The number of alkyl halides is 3. The number of halogens is 3. The van der Waals surface area contributed by atoms with Gasteiger partial charge in [-0.15, -0.1) is 0 Å². The van der Waals surface area contributed by atoms with Crippen LogP contribution in [-0.2, 0) is 17.6 Å². The van der Waals surface area contributed by atoms with Crippen molar-refractivity contribution in [1.82, 2.24) is 0 Å². The average Bonchev–Trinajstić information content (AvgIpc) is 2.50. The number of benzene rings is 2. The first-order valence-electron chi connectivity index (χ1n) is 7.38. The van der Waals surface area contributed by atoms with Crippen LogP contribution in [0.1, 0.15) is 34.7 Å². The number of rotatable bonds is 4. The number of aryl methyl sites for hydroxylation is 2. The molecule has 0 radical (unpaired) electrons. The Kier molecular flexibility index (Phi) is 5.17. The number of nitrogens with zero attached hydrogens (tertiary/aromatic N) is 1. The number of hydrogen-bond acceptors (Lipinski definition) is 3. The molecular weight excluding hydrogens is 317 g/mol. The van der Waals surface area contributed by atoms with Crippen molar-refractivity contribution in [2.75, 3.05) is 5.73 Å². The molecule has 0 aromatic heterocycles. The maximum Gasteiger partial charge on any atom is 0.416 e. The lowest BCUT2D eigenvalue weighted by molar-refractivity contribution is -0.137. The summed E-state index contributed by atoms with van der Waals surface area (Å²) < 4.78 is 38.0. The minimum Gasteiger partial charge on any atom is -0.398 e.